The Hall–Kier alpha value is -2.39. The second-order valence-electron chi connectivity index (χ2n) is 6.98. The molecule has 4 rings (SSSR count). The second-order valence-corrected chi connectivity index (χ2v) is 6.98. The Morgan fingerprint density at radius 3 is 2.87 bits per heavy atom. The van der Waals surface area contributed by atoms with Crippen LogP contribution < -0.4 is 10.6 Å². The molecule has 1 aliphatic heterocycles. The number of hydrogen-bond donors (Lipinski definition) is 2. The van der Waals surface area contributed by atoms with Crippen LogP contribution in [-0.2, 0) is 10.3 Å². The normalized spacial score (nSPS) is 25.9. The number of nitrogens with zero attached hydrogens (tertiary/aromatic N) is 3. The van der Waals surface area contributed by atoms with Crippen LogP contribution in [0, 0.1) is 29.1 Å². The molecule has 1 saturated carbocycles. The number of nitrogens with one attached hydrogen (secondary N) is 2. The molecule has 2 unspecified atom stereocenters. The number of fused-ring (bicyclic) bond motifs is 2. The zero-order valence-electron chi connectivity index (χ0n) is 13.2. The number of hydrogen-bond acceptors (Lipinski definition) is 4. The molecule has 2 N–H and O–H groups in total. The fourth-order valence-electron chi connectivity index (χ4n) is 3.82. The highest BCUT2D eigenvalue weighted by molar-refractivity contribution is 5.83. The van der Waals surface area contributed by atoms with Crippen molar-refractivity contribution >= 4 is 11.4 Å². The van der Waals surface area contributed by atoms with Gasteiger partial charge in [-0.2, -0.15) is 5.26 Å². The van der Waals surface area contributed by atoms with Gasteiger partial charge in [0.15, 0.2) is 5.69 Å². The number of imidazole rings is 1. The van der Waals surface area contributed by atoms with Crippen molar-refractivity contribution in [1.82, 2.24) is 20.0 Å². The van der Waals surface area contributed by atoms with Crippen LogP contribution in [0.3, 0.4) is 0 Å². The highest BCUT2D eigenvalue weighted by atomic mass is 16.2. The molecular weight excluding hydrogens is 290 g/mol. The molecule has 23 heavy (non-hydrogen) atoms. The Kier molecular flexibility index (Phi) is 2.97. The molecule has 3 heterocycles. The predicted molar refractivity (Wildman–Crippen MR) is 84.4 cm³/mol. The smallest absolute Gasteiger partial charge is 0.224 e. The van der Waals surface area contributed by atoms with Gasteiger partial charge in [0, 0.05) is 12.1 Å². The summed E-state index contributed by atoms with van der Waals surface area (Å²) in [6.07, 6.45) is 1.88. The maximum absolute atomic E-state index is 12.6. The average Bonchev–Trinajstić information content (AvgIpc) is 2.87. The lowest BCUT2D eigenvalue weighted by Crippen LogP contribution is -2.44. The Bertz CT molecular complexity index is 821. The first kappa shape index (κ1) is 14.2. The molecule has 1 amide bonds. The number of amides is 1. The van der Waals surface area contributed by atoms with Gasteiger partial charge in [0.25, 0.3) is 0 Å². The predicted octanol–water partition coefficient (Wildman–Crippen LogP) is 1.02. The molecule has 0 radical (unpaired) electrons. The van der Waals surface area contributed by atoms with Crippen LogP contribution in [-0.4, -0.2) is 28.4 Å². The van der Waals surface area contributed by atoms with Gasteiger partial charge in [-0.15, -0.1) is 0 Å². The second kappa shape index (κ2) is 4.80. The summed E-state index contributed by atoms with van der Waals surface area (Å²) in [7, 11) is 0. The number of rotatable bonds is 3. The maximum Gasteiger partial charge on any atom is 0.224 e. The van der Waals surface area contributed by atoms with E-state index in [0.717, 1.165) is 18.6 Å². The van der Waals surface area contributed by atoms with Crippen LogP contribution in [0.4, 0.5) is 0 Å². The fourth-order valence-corrected chi connectivity index (χ4v) is 3.82. The third-order valence-corrected chi connectivity index (χ3v) is 5.04. The van der Waals surface area contributed by atoms with E-state index in [0.29, 0.717) is 23.4 Å². The van der Waals surface area contributed by atoms with Gasteiger partial charge in [0.1, 0.15) is 11.9 Å². The number of piperidine rings is 1. The summed E-state index contributed by atoms with van der Waals surface area (Å²) in [6.45, 7) is 5.75. The van der Waals surface area contributed by atoms with E-state index in [1.165, 1.54) is 0 Å². The molecule has 0 aromatic carbocycles. The molecule has 2 aromatic heterocycles. The number of aromatic nitrogens is 2. The average molecular weight is 309 g/mol. The van der Waals surface area contributed by atoms with E-state index in [2.05, 4.69) is 21.7 Å². The van der Waals surface area contributed by atoms with Gasteiger partial charge >= 0.3 is 0 Å². The molecule has 1 saturated heterocycles. The highest BCUT2D eigenvalue weighted by Crippen LogP contribution is 2.49. The zero-order chi connectivity index (χ0) is 16.2. The molecule has 6 nitrogen and oxygen atoms in total. The van der Waals surface area contributed by atoms with Crippen molar-refractivity contribution < 1.29 is 4.79 Å². The summed E-state index contributed by atoms with van der Waals surface area (Å²) in [4.78, 5) is 17.0. The Balaban J connectivity index is 1.64. The van der Waals surface area contributed by atoms with E-state index in [9.17, 15) is 10.1 Å². The van der Waals surface area contributed by atoms with Crippen molar-refractivity contribution in [2.24, 2.45) is 17.8 Å². The van der Waals surface area contributed by atoms with E-state index in [1.54, 1.807) is 0 Å². The van der Waals surface area contributed by atoms with Gasteiger partial charge in [-0.05, 0) is 50.9 Å². The van der Waals surface area contributed by atoms with E-state index in [-0.39, 0.29) is 11.8 Å². The molecule has 1 aliphatic carbocycles. The van der Waals surface area contributed by atoms with Gasteiger partial charge in [-0.3, -0.25) is 4.79 Å². The minimum Gasteiger partial charge on any atom is -0.344 e. The SMILES string of the molecule is CC(C)(NC(=O)C1C2CNCC21)c1nc(C#N)c2ccccn12. The minimum absolute atomic E-state index is 0.0951. The van der Waals surface area contributed by atoms with Crippen LogP contribution in [0.1, 0.15) is 25.4 Å². The van der Waals surface area contributed by atoms with Crippen molar-refractivity contribution in [2.75, 3.05) is 13.1 Å². The van der Waals surface area contributed by atoms with Crippen LogP contribution in [0.25, 0.3) is 5.52 Å². The molecule has 0 bridgehead atoms. The van der Waals surface area contributed by atoms with Crippen LogP contribution in [0.2, 0.25) is 0 Å². The molecule has 0 spiro atoms. The van der Waals surface area contributed by atoms with Gasteiger partial charge in [0.05, 0.1) is 11.1 Å². The van der Waals surface area contributed by atoms with Gasteiger partial charge < -0.3 is 15.0 Å². The standard InChI is InChI=1S/C17H19N5O/c1-17(2,21-15(23)14-10-8-19-9-11(10)14)16-20-12(7-18)13-5-3-4-6-22(13)16/h3-6,10-11,14,19H,8-9H2,1-2H3,(H,21,23). The number of carbonyl (C=O) groups is 1. The number of carbonyl (C=O) groups excluding carboxylic acids is 1. The van der Waals surface area contributed by atoms with Crippen molar-refractivity contribution in [3.63, 3.8) is 0 Å². The molecule has 6 heteroatoms. The monoisotopic (exact) mass is 309 g/mol. The molecule has 2 aliphatic rings. The first-order valence-electron chi connectivity index (χ1n) is 7.93. The van der Waals surface area contributed by atoms with Crippen molar-refractivity contribution in [2.45, 2.75) is 19.4 Å². The van der Waals surface area contributed by atoms with Crippen molar-refractivity contribution in [3.8, 4) is 6.07 Å². The fraction of sp³-hybridized carbons (Fsp3) is 0.471. The third kappa shape index (κ3) is 2.12. The zero-order valence-corrected chi connectivity index (χ0v) is 13.2. The quantitative estimate of drug-likeness (QED) is 0.887. The molecule has 2 atom stereocenters. The lowest BCUT2D eigenvalue weighted by Gasteiger charge is -2.25. The lowest BCUT2D eigenvalue weighted by atomic mass is 10.0. The third-order valence-electron chi connectivity index (χ3n) is 5.04. The molecule has 2 fully saturated rings. The van der Waals surface area contributed by atoms with Crippen LogP contribution in [0.15, 0.2) is 24.4 Å². The largest absolute Gasteiger partial charge is 0.344 e. The Morgan fingerprint density at radius 2 is 2.17 bits per heavy atom. The van der Waals surface area contributed by atoms with Crippen molar-refractivity contribution in [3.05, 3.63) is 35.9 Å². The summed E-state index contributed by atoms with van der Waals surface area (Å²) in [5.74, 6) is 1.87. The summed E-state index contributed by atoms with van der Waals surface area (Å²) in [5, 5.41) is 15.7. The van der Waals surface area contributed by atoms with E-state index < -0.39 is 5.54 Å². The molecule has 118 valence electrons. The Labute approximate surface area is 134 Å². The maximum atomic E-state index is 12.6. The number of nitriles is 1. The van der Waals surface area contributed by atoms with E-state index >= 15 is 0 Å². The first-order valence-corrected chi connectivity index (χ1v) is 7.93. The molecular formula is C17H19N5O. The van der Waals surface area contributed by atoms with Gasteiger partial charge in [-0.25, -0.2) is 4.98 Å². The Morgan fingerprint density at radius 1 is 1.43 bits per heavy atom. The minimum atomic E-state index is -0.638. The van der Waals surface area contributed by atoms with Gasteiger partial charge in [0.2, 0.25) is 5.91 Å². The van der Waals surface area contributed by atoms with Crippen molar-refractivity contribution in [1.29, 1.82) is 5.26 Å². The van der Waals surface area contributed by atoms with Gasteiger partial charge in [-0.1, -0.05) is 6.07 Å². The highest BCUT2D eigenvalue weighted by Gasteiger charge is 2.57. The van der Waals surface area contributed by atoms with Crippen LogP contribution in [0.5, 0.6) is 0 Å². The topological polar surface area (TPSA) is 82.2 Å². The van der Waals surface area contributed by atoms with E-state index in [4.69, 9.17) is 0 Å². The van der Waals surface area contributed by atoms with E-state index in [1.807, 2.05) is 42.6 Å². The lowest BCUT2D eigenvalue weighted by molar-refractivity contribution is -0.124. The summed E-state index contributed by atoms with van der Waals surface area (Å²) in [6, 6.07) is 7.77. The summed E-state index contributed by atoms with van der Waals surface area (Å²) >= 11 is 0. The summed E-state index contributed by atoms with van der Waals surface area (Å²) in [5.41, 5.74) is 0.510. The van der Waals surface area contributed by atoms with Crippen LogP contribution >= 0.6 is 0 Å². The summed E-state index contributed by atoms with van der Waals surface area (Å²) < 4.78 is 1.88. The number of pyridine rings is 1. The first-order chi connectivity index (χ1) is 11.0. The molecule has 2 aromatic rings.